The third-order valence-corrected chi connectivity index (χ3v) is 3.13. The predicted molar refractivity (Wildman–Crippen MR) is 77.4 cm³/mol. The van der Waals surface area contributed by atoms with Gasteiger partial charge in [-0.2, -0.15) is 0 Å². The minimum atomic E-state index is -0.435. The first-order valence-corrected chi connectivity index (χ1v) is 6.53. The Morgan fingerprint density at radius 3 is 2.40 bits per heavy atom. The molecule has 6 heteroatoms. The van der Waals surface area contributed by atoms with Crippen LogP contribution in [-0.2, 0) is 4.79 Å². The number of phenols is 1. The van der Waals surface area contributed by atoms with Gasteiger partial charge in [0.05, 0.1) is 17.8 Å². The zero-order valence-corrected chi connectivity index (χ0v) is 12.1. The molecule has 0 bridgehead atoms. The summed E-state index contributed by atoms with van der Waals surface area (Å²) in [5.74, 6) is -0.816. The lowest BCUT2D eigenvalue weighted by atomic mass is 10.1. The molecule has 6 nitrogen and oxygen atoms in total. The molecule has 0 radical (unpaired) electrons. The monoisotopic (exact) mass is 279 g/mol. The number of aromatic hydroxyl groups is 1. The van der Waals surface area contributed by atoms with E-state index in [4.69, 9.17) is 5.73 Å². The van der Waals surface area contributed by atoms with Crippen molar-refractivity contribution in [2.75, 3.05) is 32.4 Å². The number of nitrogens with two attached hydrogens (primary N) is 1. The number of carbonyl (C=O) groups is 2. The van der Waals surface area contributed by atoms with Crippen molar-refractivity contribution in [3.63, 3.8) is 0 Å². The Kier molecular flexibility index (Phi) is 5.37. The molecular weight excluding hydrogens is 258 g/mol. The van der Waals surface area contributed by atoms with E-state index in [-0.39, 0.29) is 29.5 Å². The van der Waals surface area contributed by atoms with Crippen molar-refractivity contribution >= 4 is 17.5 Å². The van der Waals surface area contributed by atoms with Crippen LogP contribution in [0.3, 0.4) is 0 Å². The number of carbonyl (C=O) groups excluding carboxylic acids is 2. The van der Waals surface area contributed by atoms with E-state index in [9.17, 15) is 14.7 Å². The maximum Gasteiger partial charge on any atom is 0.257 e. The van der Waals surface area contributed by atoms with Crippen molar-refractivity contribution < 1.29 is 14.7 Å². The zero-order valence-electron chi connectivity index (χ0n) is 12.1. The average Bonchev–Trinajstić information content (AvgIpc) is 2.42. The van der Waals surface area contributed by atoms with Gasteiger partial charge < -0.3 is 20.6 Å². The highest BCUT2D eigenvalue weighted by Gasteiger charge is 2.20. The van der Waals surface area contributed by atoms with E-state index in [1.165, 1.54) is 24.1 Å². The molecule has 0 aliphatic rings. The second kappa shape index (κ2) is 6.79. The van der Waals surface area contributed by atoms with Gasteiger partial charge in [0, 0.05) is 20.1 Å². The summed E-state index contributed by atoms with van der Waals surface area (Å²) in [6.07, 6.45) is 0. The normalized spacial score (nSPS) is 10.2. The van der Waals surface area contributed by atoms with Crippen LogP contribution < -0.4 is 5.73 Å². The van der Waals surface area contributed by atoms with Crippen LogP contribution in [0.1, 0.15) is 24.2 Å². The summed E-state index contributed by atoms with van der Waals surface area (Å²) in [4.78, 5) is 27.1. The van der Waals surface area contributed by atoms with E-state index in [1.807, 2.05) is 13.8 Å². The van der Waals surface area contributed by atoms with Crippen LogP contribution in [0.2, 0.25) is 0 Å². The molecule has 2 amide bonds. The number of hydrogen-bond acceptors (Lipinski definition) is 4. The van der Waals surface area contributed by atoms with Crippen molar-refractivity contribution in [3.05, 3.63) is 23.8 Å². The van der Waals surface area contributed by atoms with Gasteiger partial charge in [0.1, 0.15) is 0 Å². The highest BCUT2D eigenvalue weighted by atomic mass is 16.3. The van der Waals surface area contributed by atoms with Crippen LogP contribution in [0, 0.1) is 0 Å². The van der Waals surface area contributed by atoms with Crippen LogP contribution in [0.25, 0.3) is 0 Å². The summed E-state index contributed by atoms with van der Waals surface area (Å²) in [6, 6.07) is 4.57. The first-order valence-electron chi connectivity index (χ1n) is 6.53. The number of nitrogens with zero attached hydrogens (tertiary/aromatic N) is 2. The van der Waals surface area contributed by atoms with Crippen molar-refractivity contribution in [3.8, 4) is 5.75 Å². The summed E-state index contributed by atoms with van der Waals surface area (Å²) >= 11 is 0. The van der Waals surface area contributed by atoms with Crippen LogP contribution in [0.5, 0.6) is 5.75 Å². The van der Waals surface area contributed by atoms with Gasteiger partial charge in [-0.3, -0.25) is 9.59 Å². The molecule has 110 valence electrons. The van der Waals surface area contributed by atoms with Gasteiger partial charge in [0.25, 0.3) is 5.91 Å². The van der Waals surface area contributed by atoms with Crippen LogP contribution in [0.15, 0.2) is 18.2 Å². The molecule has 0 aliphatic heterocycles. The number of phenolic OH excluding ortho intramolecular Hbond substituents is 1. The van der Waals surface area contributed by atoms with E-state index >= 15 is 0 Å². The fourth-order valence-corrected chi connectivity index (χ4v) is 1.89. The molecule has 1 aromatic rings. The van der Waals surface area contributed by atoms with Gasteiger partial charge in [-0.15, -0.1) is 0 Å². The minimum Gasteiger partial charge on any atom is -0.505 e. The molecule has 0 heterocycles. The molecule has 0 atom stereocenters. The van der Waals surface area contributed by atoms with Crippen molar-refractivity contribution in [2.45, 2.75) is 13.8 Å². The number of anilines is 1. The van der Waals surface area contributed by atoms with Gasteiger partial charge >= 0.3 is 0 Å². The molecule has 0 fully saturated rings. The SMILES string of the molecule is CCN(CC)C(=O)CN(C)C(=O)c1cccc(N)c1O. The maximum atomic E-state index is 12.2. The summed E-state index contributed by atoms with van der Waals surface area (Å²) < 4.78 is 0. The van der Waals surface area contributed by atoms with E-state index in [0.717, 1.165) is 0 Å². The lowest BCUT2D eigenvalue weighted by Crippen LogP contribution is -2.41. The third-order valence-electron chi connectivity index (χ3n) is 3.13. The number of amides is 2. The number of benzene rings is 1. The largest absolute Gasteiger partial charge is 0.505 e. The van der Waals surface area contributed by atoms with Crippen LogP contribution in [0.4, 0.5) is 5.69 Å². The molecule has 20 heavy (non-hydrogen) atoms. The Balaban J connectivity index is 2.82. The lowest BCUT2D eigenvalue weighted by Gasteiger charge is -2.23. The topological polar surface area (TPSA) is 86.9 Å². The number of likely N-dealkylation sites (N-methyl/N-ethyl adjacent to an activating group) is 2. The molecule has 0 unspecified atom stereocenters. The van der Waals surface area contributed by atoms with Gasteiger partial charge in [-0.05, 0) is 26.0 Å². The molecule has 1 aromatic carbocycles. The summed E-state index contributed by atoms with van der Waals surface area (Å²) in [7, 11) is 1.52. The molecule has 3 N–H and O–H groups in total. The van der Waals surface area contributed by atoms with Crippen LogP contribution in [-0.4, -0.2) is 53.4 Å². The quantitative estimate of drug-likeness (QED) is 0.619. The van der Waals surface area contributed by atoms with Crippen molar-refractivity contribution in [2.24, 2.45) is 0 Å². The van der Waals surface area contributed by atoms with Crippen molar-refractivity contribution in [1.82, 2.24) is 9.80 Å². The summed E-state index contributed by atoms with van der Waals surface area (Å²) in [5.41, 5.74) is 5.79. The zero-order chi connectivity index (χ0) is 15.3. The molecular formula is C14H21N3O3. The summed E-state index contributed by atoms with van der Waals surface area (Å²) in [6.45, 7) is 4.93. The Bertz CT molecular complexity index is 498. The van der Waals surface area contributed by atoms with E-state index in [0.29, 0.717) is 13.1 Å². The van der Waals surface area contributed by atoms with E-state index in [2.05, 4.69) is 0 Å². The standard InChI is InChI=1S/C14H21N3O3/c1-4-17(5-2)12(18)9-16(3)14(20)10-7-6-8-11(15)13(10)19/h6-8,19H,4-5,9,15H2,1-3H3. The maximum absolute atomic E-state index is 12.2. The Morgan fingerprint density at radius 1 is 1.25 bits per heavy atom. The van der Waals surface area contributed by atoms with Gasteiger partial charge in [0.15, 0.2) is 5.75 Å². The Hall–Kier alpha value is -2.24. The number of nitrogen functional groups attached to an aromatic ring is 1. The fraction of sp³-hybridized carbons (Fsp3) is 0.429. The van der Waals surface area contributed by atoms with Gasteiger partial charge in [-0.1, -0.05) is 6.07 Å². The van der Waals surface area contributed by atoms with E-state index in [1.54, 1.807) is 11.0 Å². The number of para-hydroxylation sites is 1. The molecule has 0 spiro atoms. The molecule has 0 saturated carbocycles. The van der Waals surface area contributed by atoms with Crippen molar-refractivity contribution in [1.29, 1.82) is 0 Å². The van der Waals surface area contributed by atoms with E-state index < -0.39 is 5.91 Å². The first-order chi connectivity index (χ1) is 9.42. The highest BCUT2D eigenvalue weighted by molar-refractivity contribution is 5.99. The van der Waals surface area contributed by atoms with Gasteiger partial charge in [0.2, 0.25) is 5.91 Å². The average molecular weight is 279 g/mol. The first kappa shape index (κ1) is 15.8. The molecule has 0 aliphatic carbocycles. The second-order valence-corrected chi connectivity index (χ2v) is 4.47. The Labute approximate surface area is 118 Å². The summed E-state index contributed by atoms with van der Waals surface area (Å²) in [5, 5.41) is 9.78. The van der Waals surface area contributed by atoms with Gasteiger partial charge in [-0.25, -0.2) is 0 Å². The predicted octanol–water partition coefficient (Wildman–Crippen LogP) is 0.915. The highest BCUT2D eigenvalue weighted by Crippen LogP contribution is 2.25. The lowest BCUT2D eigenvalue weighted by molar-refractivity contribution is -0.131. The second-order valence-electron chi connectivity index (χ2n) is 4.47. The Morgan fingerprint density at radius 2 is 1.85 bits per heavy atom. The number of rotatable bonds is 5. The third kappa shape index (κ3) is 3.40. The molecule has 1 rings (SSSR count). The smallest absolute Gasteiger partial charge is 0.257 e. The van der Waals surface area contributed by atoms with Crippen LogP contribution >= 0.6 is 0 Å². The molecule has 0 aromatic heterocycles. The molecule has 0 saturated heterocycles. The fourth-order valence-electron chi connectivity index (χ4n) is 1.89. The number of hydrogen-bond donors (Lipinski definition) is 2. The minimum absolute atomic E-state index is 0.0330.